The molecule has 1 fully saturated rings. The van der Waals surface area contributed by atoms with Crippen molar-refractivity contribution in [2.45, 2.75) is 51.6 Å². The van der Waals surface area contributed by atoms with E-state index >= 15 is 0 Å². The Morgan fingerprint density at radius 1 is 1.20 bits per heavy atom. The van der Waals surface area contributed by atoms with Crippen molar-refractivity contribution in [3.63, 3.8) is 0 Å². The minimum Gasteiger partial charge on any atom is -0.504 e. The van der Waals surface area contributed by atoms with Crippen LogP contribution in [-0.4, -0.2) is 47.7 Å². The normalized spacial score (nSPS) is 24.1. The number of nitrogens with one attached hydrogen (secondary N) is 1. The topological polar surface area (TPSA) is 71.0 Å². The third kappa shape index (κ3) is 4.52. The maximum Gasteiger partial charge on any atom is 0.254 e. The number of phenols is 1. The Hall–Kier alpha value is -3.84. The van der Waals surface area contributed by atoms with Gasteiger partial charge in [-0.3, -0.25) is 4.79 Å². The van der Waals surface area contributed by atoms with E-state index in [2.05, 4.69) is 44.3 Å². The number of aromatic hydroxyl groups is 1. The van der Waals surface area contributed by atoms with Crippen LogP contribution in [-0.2, 0) is 0 Å². The summed E-state index contributed by atoms with van der Waals surface area (Å²) in [6.45, 7) is 7.76. The van der Waals surface area contributed by atoms with Gasteiger partial charge >= 0.3 is 0 Å². The second-order valence-corrected chi connectivity index (χ2v) is 11.6. The van der Waals surface area contributed by atoms with Crippen LogP contribution < -0.4 is 14.8 Å². The summed E-state index contributed by atoms with van der Waals surface area (Å²) < 4.78 is 26.7. The molecule has 0 bridgehead atoms. The van der Waals surface area contributed by atoms with Crippen molar-refractivity contribution in [2.75, 3.05) is 20.2 Å². The average molecular weight is 543 g/mol. The van der Waals surface area contributed by atoms with E-state index in [0.29, 0.717) is 47.0 Å². The van der Waals surface area contributed by atoms with Crippen LogP contribution >= 0.6 is 0 Å². The van der Waals surface area contributed by atoms with Crippen LogP contribution in [0.2, 0.25) is 0 Å². The third-order valence-corrected chi connectivity index (χ3v) is 8.28. The fraction of sp³-hybridized carbons (Fsp3) is 0.364. The summed E-state index contributed by atoms with van der Waals surface area (Å²) >= 11 is 0. The summed E-state index contributed by atoms with van der Waals surface area (Å²) in [5, 5.41) is 14.3. The minimum atomic E-state index is -0.448. The standard InChI is InChI=1S/C33H35FN2O4/c1-19-18-33(2,3)35-24-11-10-22-29(28(19)24)27(40-26-13-12-25(37)31(39-4)30(22)26)16-20-8-9-21(34)17-23(20)32(38)36-14-6-5-7-15-36/h8-13,16-18,24,28,35,37H,5-7,14-15H2,1-4H3/b27-16-. The maximum absolute atomic E-state index is 14.5. The lowest BCUT2D eigenvalue weighted by Gasteiger charge is -2.44. The molecule has 3 heterocycles. The van der Waals surface area contributed by atoms with Gasteiger partial charge in [-0.15, -0.1) is 0 Å². The highest BCUT2D eigenvalue weighted by Gasteiger charge is 2.42. The van der Waals surface area contributed by atoms with E-state index in [4.69, 9.17) is 9.47 Å². The highest BCUT2D eigenvalue weighted by molar-refractivity contribution is 5.99. The summed E-state index contributed by atoms with van der Waals surface area (Å²) in [5.74, 6) is 0.838. The first-order valence-corrected chi connectivity index (χ1v) is 14.0. The Kier molecular flexibility index (Phi) is 6.57. The van der Waals surface area contributed by atoms with E-state index in [1.807, 2.05) is 11.0 Å². The molecular weight excluding hydrogens is 507 g/mol. The van der Waals surface area contributed by atoms with Gasteiger partial charge in [0.2, 0.25) is 0 Å². The molecule has 3 aliphatic heterocycles. The van der Waals surface area contributed by atoms with Crippen LogP contribution in [0.5, 0.6) is 17.2 Å². The lowest BCUT2D eigenvalue weighted by atomic mass is 9.71. The number of carbonyl (C=O) groups is 1. The van der Waals surface area contributed by atoms with Crippen LogP contribution in [0.3, 0.4) is 0 Å². The molecule has 40 heavy (non-hydrogen) atoms. The molecule has 2 aromatic carbocycles. The van der Waals surface area contributed by atoms with Crippen molar-refractivity contribution in [3.05, 3.63) is 88.0 Å². The van der Waals surface area contributed by atoms with Gasteiger partial charge in [0.1, 0.15) is 17.3 Å². The van der Waals surface area contributed by atoms with Crippen LogP contribution in [0.1, 0.15) is 61.5 Å². The second kappa shape index (κ2) is 9.97. The monoisotopic (exact) mass is 542 g/mol. The van der Waals surface area contributed by atoms with Gasteiger partial charge in [0.25, 0.3) is 5.91 Å². The number of phenolic OH excluding ortho intramolecular Hbond substituents is 1. The van der Waals surface area contributed by atoms with Gasteiger partial charge in [-0.2, -0.15) is 0 Å². The van der Waals surface area contributed by atoms with E-state index in [1.54, 1.807) is 18.2 Å². The maximum atomic E-state index is 14.5. The highest BCUT2D eigenvalue weighted by Crippen LogP contribution is 2.52. The fourth-order valence-electron chi connectivity index (χ4n) is 6.65. The number of likely N-dealkylation sites (tertiary alicyclic amines) is 1. The number of hydrogen-bond donors (Lipinski definition) is 2. The third-order valence-electron chi connectivity index (χ3n) is 8.28. The van der Waals surface area contributed by atoms with E-state index in [9.17, 15) is 14.3 Å². The van der Waals surface area contributed by atoms with Gasteiger partial charge in [0.15, 0.2) is 11.5 Å². The summed E-state index contributed by atoms with van der Waals surface area (Å²) in [6, 6.07) is 7.65. The Bertz CT molecular complexity index is 1510. The predicted molar refractivity (Wildman–Crippen MR) is 154 cm³/mol. The Labute approximate surface area is 234 Å². The van der Waals surface area contributed by atoms with Crippen molar-refractivity contribution >= 4 is 17.6 Å². The van der Waals surface area contributed by atoms with Gasteiger partial charge in [-0.05, 0) is 81.5 Å². The van der Waals surface area contributed by atoms with Crippen LogP contribution in [0.4, 0.5) is 4.39 Å². The molecule has 7 heteroatoms. The summed E-state index contributed by atoms with van der Waals surface area (Å²) in [6.07, 6.45) is 11.3. The van der Waals surface area contributed by atoms with Crippen molar-refractivity contribution in [2.24, 2.45) is 5.92 Å². The number of methoxy groups -OCH3 is 1. The molecule has 0 spiro atoms. The Morgan fingerprint density at radius 3 is 2.73 bits per heavy atom. The first-order valence-electron chi connectivity index (χ1n) is 14.0. The number of nitrogens with zero attached hydrogens (tertiary/aromatic N) is 1. The average Bonchev–Trinajstić information content (AvgIpc) is 2.93. The number of amides is 1. The molecule has 6 nitrogen and oxygen atoms in total. The van der Waals surface area contributed by atoms with Crippen LogP contribution in [0, 0.1) is 11.7 Å². The largest absolute Gasteiger partial charge is 0.504 e. The van der Waals surface area contributed by atoms with Gasteiger partial charge in [-0.25, -0.2) is 4.39 Å². The van der Waals surface area contributed by atoms with E-state index in [-0.39, 0.29) is 29.2 Å². The van der Waals surface area contributed by atoms with Crippen LogP contribution in [0.15, 0.2) is 65.5 Å². The first-order chi connectivity index (χ1) is 19.2. The molecule has 2 unspecified atom stereocenters. The van der Waals surface area contributed by atoms with E-state index in [1.165, 1.54) is 24.8 Å². The van der Waals surface area contributed by atoms with Gasteiger partial charge in [0, 0.05) is 41.7 Å². The van der Waals surface area contributed by atoms with Gasteiger partial charge in [0.05, 0.1) is 12.7 Å². The number of benzene rings is 2. The molecule has 4 aliphatic rings. The quantitative estimate of drug-likeness (QED) is 0.450. The highest BCUT2D eigenvalue weighted by atomic mass is 19.1. The zero-order chi connectivity index (χ0) is 28.2. The van der Waals surface area contributed by atoms with Crippen LogP contribution in [0.25, 0.3) is 11.6 Å². The number of carbonyl (C=O) groups excluding carboxylic acids is 1. The molecule has 0 aromatic heterocycles. The molecule has 0 radical (unpaired) electrons. The minimum absolute atomic E-state index is 0.0123. The predicted octanol–water partition coefficient (Wildman–Crippen LogP) is 6.24. The van der Waals surface area contributed by atoms with Crippen molar-refractivity contribution in [3.8, 4) is 17.2 Å². The molecule has 2 atom stereocenters. The number of hydrogen-bond acceptors (Lipinski definition) is 5. The Morgan fingerprint density at radius 2 is 1.98 bits per heavy atom. The molecule has 2 N–H and O–H groups in total. The smallest absolute Gasteiger partial charge is 0.254 e. The zero-order valence-corrected chi connectivity index (χ0v) is 23.4. The number of fused-ring (bicyclic) bond motifs is 4. The Balaban J connectivity index is 1.55. The molecule has 1 amide bonds. The summed E-state index contributed by atoms with van der Waals surface area (Å²) in [7, 11) is 1.53. The van der Waals surface area contributed by atoms with E-state index < -0.39 is 5.82 Å². The SMILES string of the molecule is COc1c(O)ccc2c1C1=C(/C(=C/c3ccc(F)cc3C(=O)N3CCCCC3)O2)C2C(C)=CC(C)(C)NC2C=C1. The molecular formula is C33H35FN2O4. The number of halogens is 1. The lowest BCUT2D eigenvalue weighted by Crippen LogP contribution is -2.52. The molecule has 1 aliphatic carbocycles. The van der Waals surface area contributed by atoms with Crippen molar-refractivity contribution in [1.82, 2.24) is 10.2 Å². The zero-order valence-electron chi connectivity index (χ0n) is 23.4. The lowest BCUT2D eigenvalue weighted by molar-refractivity contribution is 0.0723. The van der Waals surface area contributed by atoms with Crippen molar-refractivity contribution in [1.29, 1.82) is 0 Å². The number of rotatable bonds is 3. The molecule has 6 rings (SSSR count). The second-order valence-electron chi connectivity index (χ2n) is 11.6. The van der Waals surface area contributed by atoms with E-state index in [0.717, 1.165) is 30.4 Å². The number of allylic oxidation sites excluding steroid dienone is 3. The number of ether oxygens (including phenoxy) is 2. The first kappa shape index (κ1) is 26.4. The molecule has 208 valence electrons. The fourth-order valence-corrected chi connectivity index (χ4v) is 6.65. The molecule has 1 saturated heterocycles. The molecule has 0 saturated carbocycles. The van der Waals surface area contributed by atoms with Gasteiger partial charge in [-0.1, -0.05) is 29.9 Å². The van der Waals surface area contributed by atoms with Gasteiger partial charge < -0.3 is 24.8 Å². The molecule has 2 aromatic rings. The van der Waals surface area contributed by atoms with Crippen molar-refractivity contribution < 1.29 is 23.8 Å². The summed E-state index contributed by atoms with van der Waals surface area (Å²) in [5.41, 5.74) is 4.43. The number of piperidine rings is 1. The summed E-state index contributed by atoms with van der Waals surface area (Å²) in [4.78, 5) is 15.4.